The van der Waals surface area contributed by atoms with Crippen LogP contribution in [0.15, 0.2) is 59.7 Å². The number of fused-ring (bicyclic) bond motifs is 1. The molecular weight excluding hydrogens is 443 g/mol. The predicted molar refractivity (Wildman–Crippen MR) is 130 cm³/mol. The molecule has 0 aliphatic carbocycles. The van der Waals surface area contributed by atoms with Crippen molar-refractivity contribution >= 4 is 40.0 Å². The SMILES string of the molecule is CN1CCN(c2ccc(Nc3ncc4c(=O)c(-c5c(F)cccc5Cl)c[nH]c4n3)cc2)CC1. The third kappa shape index (κ3) is 4.27. The molecule has 2 N–H and O–H groups in total. The van der Waals surface area contributed by atoms with Gasteiger partial charge < -0.3 is 20.1 Å². The highest BCUT2D eigenvalue weighted by Gasteiger charge is 2.16. The molecule has 5 rings (SSSR count). The average Bonchev–Trinajstić information content (AvgIpc) is 2.81. The maximum atomic E-state index is 14.3. The maximum Gasteiger partial charge on any atom is 0.229 e. The van der Waals surface area contributed by atoms with Gasteiger partial charge in [0, 0.05) is 55.5 Å². The summed E-state index contributed by atoms with van der Waals surface area (Å²) >= 11 is 6.13. The molecule has 9 heteroatoms. The summed E-state index contributed by atoms with van der Waals surface area (Å²) < 4.78 is 14.3. The average molecular weight is 465 g/mol. The van der Waals surface area contributed by atoms with Crippen molar-refractivity contribution in [3.63, 3.8) is 0 Å². The first-order valence-electron chi connectivity index (χ1n) is 10.6. The molecule has 168 valence electrons. The van der Waals surface area contributed by atoms with Crippen LogP contribution in [0.5, 0.6) is 0 Å². The molecule has 7 nitrogen and oxygen atoms in total. The molecular formula is C24H22ClFN6O. The molecule has 1 saturated heterocycles. The second kappa shape index (κ2) is 8.80. The minimum Gasteiger partial charge on any atom is -0.369 e. The molecule has 0 bridgehead atoms. The van der Waals surface area contributed by atoms with Gasteiger partial charge >= 0.3 is 0 Å². The first-order chi connectivity index (χ1) is 16.0. The van der Waals surface area contributed by atoms with E-state index >= 15 is 0 Å². The lowest BCUT2D eigenvalue weighted by Crippen LogP contribution is -2.44. The second-order valence-corrected chi connectivity index (χ2v) is 8.45. The van der Waals surface area contributed by atoms with Crippen LogP contribution < -0.4 is 15.6 Å². The number of nitrogens with one attached hydrogen (secondary N) is 2. The van der Waals surface area contributed by atoms with Crippen LogP contribution in [-0.4, -0.2) is 53.1 Å². The summed E-state index contributed by atoms with van der Waals surface area (Å²) in [4.78, 5) is 29.3. The quantitative estimate of drug-likeness (QED) is 0.469. The van der Waals surface area contributed by atoms with Gasteiger partial charge in [-0.05, 0) is 43.4 Å². The van der Waals surface area contributed by atoms with E-state index in [1.807, 2.05) is 12.1 Å². The number of aromatic amines is 1. The molecule has 1 fully saturated rings. The first kappa shape index (κ1) is 21.4. The zero-order valence-electron chi connectivity index (χ0n) is 18.0. The van der Waals surface area contributed by atoms with Crippen molar-refractivity contribution in [2.45, 2.75) is 0 Å². The standard InChI is InChI=1S/C24H22ClFN6O/c1-31-9-11-32(12-10-31)16-7-5-15(6-8-16)29-24-28-14-18-22(33)17(13-27-23(18)30-24)21-19(25)3-2-4-20(21)26/h2-8,13-14H,9-12H2,1H3,(H2,27,28,29,30,33). The minimum atomic E-state index is -0.563. The van der Waals surface area contributed by atoms with E-state index in [1.165, 1.54) is 30.2 Å². The van der Waals surface area contributed by atoms with E-state index in [2.05, 4.69) is 49.2 Å². The molecule has 0 amide bonds. The van der Waals surface area contributed by atoms with Gasteiger partial charge in [0.25, 0.3) is 0 Å². The summed E-state index contributed by atoms with van der Waals surface area (Å²) in [5.41, 5.74) is 2.17. The van der Waals surface area contributed by atoms with E-state index in [4.69, 9.17) is 11.6 Å². The molecule has 4 aromatic rings. The van der Waals surface area contributed by atoms with Gasteiger partial charge in [-0.15, -0.1) is 0 Å². The maximum absolute atomic E-state index is 14.3. The van der Waals surface area contributed by atoms with Gasteiger partial charge in [-0.3, -0.25) is 4.79 Å². The highest BCUT2D eigenvalue weighted by molar-refractivity contribution is 6.33. The van der Waals surface area contributed by atoms with E-state index in [0.29, 0.717) is 11.6 Å². The second-order valence-electron chi connectivity index (χ2n) is 8.05. The van der Waals surface area contributed by atoms with Crippen molar-refractivity contribution in [3.8, 4) is 11.1 Å². The number of halogens is 2. The number of hydrogen-bond donors (Lipinski definition) is 2. The number of likely N-dealkylation sites (N-methyl/N-ethyl adjacent to an activating group) is 1. The van der Waals surface area contributed by atoms with E-state index in [0.717, 1.165) is 31.9 Å². The Balaban J connectivity index is 1.38. The van der Waals surface area contributed by atoms with E-state index < -0.39 is 5.82 Å². The minimum absolute atomic E-state index is 0.0601. The molecule has 1 aliphatic heterocycles. The largest absolute Gasteiger partial charge is 0.369 e. The highest BCUT2D eigenvalue weighted by Crippen LogP contribution is 2.29. The van der Waals surface area contributed by atoms with Crippen LogP contribution in [0.2, 0.25) is 5.02 Å². The van der Waals surface area contributed by atoms with Crippen LogP contribution in [0.4, 0.5) is 21.7 Å². The topological polar surface area (TPSA) is 77.1 Å². The van der Waals surface area contributed by atoms with Gasteiger partial charge in [-0.2, -0.15) is 4.98 Å². The van der Waals surface area contributed by atoms with Gasteiger partial charge in [-0.25, -0.2) is 9.37 Å². The number of hydrogen-bond acceptors (Lipinski definition) is 6. The summed E-state index contributed by atoms with van der Waals surface area (Å²) in [5, 5.41) is 3.58. The molecule has 0 unspecified atom stereocenters. The zero-order valence-corrected chi connectivity index (χ0v) is 18.7. The Labute approximate surface area is 194 Å². The normalized spacial score (nSPS) is 14.6. The monoisotopic (exact) mass is 464 g/mol. The van der Waals surface area contributed by atoms with Crippen molar-refractivity contribution < 1.29 is 4.39 Å². The Kier molecular flexibility index (Phi) is 5.70. The summed E-state index contributed by atoms with van der Waals surface area (Å²) in [6.45, 7) is 4.11. The number of piperazine rings is 1. The summed E-state index contributed by atoms with van der Waals surface area (Å²) in [6, 6.07) is 12.4. The van der Waals surface area contributed by atoms with Crippen LogP contribution in [0, 0.1) is 5.82 Å². The van der Waals surface area contributed by atoms with Crippen LogP contribution in [0.3, 0.4) is 0 Å². The van der Waals surface area contributed by atoms with Crippen molar-refractivity contribution in [3.05, 3.63) is 75.9 Å². The van der Waals surface area contributed by atoms with Gasteiger partial charge in [0.15, 0.2) is 0 Å². The van der Waals surface area contributed by atoms with Crippen LogP contribution >= 0.6 is 11.6 Å². The molecule has 0 saturated carbocycles. The molecule has 0 radical (unpaired) electrons. The molecule has 0 atom stereocenters. The number of H-pyrrole nitrogens is 1. The molecule has 1 aliphatic rings. The smallest absolute Gasteiger partial charge is 0.229 e. The summed E-state index contributed by atoms with van der Waals surface area (Å²) in [7, 11) is 2.14. The van der Waals surface area contributed by atoms with Crippen molar-refractivity contribution in [2.24, 2.45) is 0 Å². The molecule has 33 heavy (non-hydrogen) atoms. The lowest BCUT2D eigenvalue weighted by atomic mass is 10.1. The lowest BCUT2D eigenvalue weighted by Gasteiger charge is -2.34. The molecule has 2 aromatic heterocycles. The Morgan fingerprint density at radius 2 is 1.85 bits per heavy atom. The molecule has 2 aromatic carbocycles. The number of nitrogens with zero attached hydrogens (tertiary/aromatic N) is 4. The van der Waals surface area contributed by atoms with Gasteiger partial charge in [-0.1, -0.05) is 17.7 Å². The fourth-order valence-corrected chi connectivity index (χ4v) is 4.22. The third-order valence-corrected chi connectivity index (χ3v) is 6.17. The molecule has 3 heterocycles. The number of rotatable bonds is 4. The van der Waals surface area contributed by atoms with Crippen LogP contribution in [0.25, 0.3) is 22.2 Å². The Morgan fingerprint density at radius 1 is 1.09 bits per heavy atom. The number of anilines is 3. The van der Waals surface area contributed by atoms with E-state index in [1.54, 1.807) is 6.07 Å². The zero-order chi connectivity index (χ0) is 22.9. The fraction of sp³-hybridized carbons (Fsp3) is 0.208. The van der Waals surface area contributed by atoms with Crippen molar-refractivity contribution in [1.29, 1.82) is 0 Å². The lowest BCUT2D eigenvalue weighted by molar-refractivity contribution is 0.313. The molecule has 0 spiro atoms. The van der Waals surface area contributed by atoms with Crippen molar-refractivity contribution in [1.82, 2.24) is 19.9 Å². The Morgan fingerprint density at radius 3 is 2.58 bits per heavy atom. The number of pyridine rings is 1. The van der Waals surface area contributed by atoms with Gasteiger partial charge in [0.05, 0.1) is 16.0 Å². The van der Waals surface area contributed by atoms with Gasteiger partial charge in [0.2, 0.25) is 11.4 Å². The summed E-state index contributed by atoms with van der Waals surface area (Å²) in [5.74, 6) is -0.214. The van der Waals surface area contributed by atoms with Crippen molar-refractivity contribution in [2.75, 3.05) is 43.4 Å². The summed E-state index contributed by atoms with van der Waals surface area (Å²) in [6.07, 6.45) is 2.86. The van der Waals surface area contributed by atoms with Crippen LogP contribution in [0.1, 0.15) is 0 Å². The number of benzene rings is 2. The predicted octanol–water partition coefficient (Wildman–Crippen LogP) is 4.27. The Hall–Kier alpha value is -3.49. The van der Waals surface area contributed by atoms with E-state index in [9.17, 15) is 9.18 Å². The Bertz CT molecular complexity index is 1350. The third-order valence-electron chi connectivity index (χ3n) is 5.86. The van der Waals surface area contributed by atoms with Crippen LogP contribution in [-0.2, 0) is 0 Å². The number of aromatic nitrogens is 3. The first-order valence-corrected chi connectivity index (χ1v) is 11.0. The fourth-order valence-electron chi connectivity index (χ4n) is 3.96. The van der Waals surface area contributed by atoms with E-state index in [-0.39, 0.29) is 27.0 Å². The highest BCUT2D eigenvalue weighted by atomic mass is 35.5. The van der Waals surface area contributed by atoms with Gasteiger partial charge in [0.1, 0.15) is 11.5 Å².